The van der Waals surface area contributed by atoms with Crippen molar-refractivity contribution < 1.29 is 18.6 Å². The van der Waals surface area contributed by atoms with Gasteiger partial charge in [0.2, 0.25) is 13.0 Å². The fourth-order valence-electron chi connectivity index (χ4n) is 4.19. The molecule has 0 bridgehead atoms. The van der Waals surface area contributed by atoms with Gasteiger partial charge in [0.05, 0.1) is 11.8 Å². The van der Waals surface area contributed by atoms with Gasteiger partial charge in [-0.15, -0.1) is 0 Å². The maximum Gasteiger partial charge on any atom is 0.231 e. The van der Waals surface area contributed by atoms with E-state index in [9.17, 15) is 4.39 Å². The molecule has 3 aliphatic heterocycles. The summed E-state index contributed by atoms with van der Waals surface area (Å²) in [5.74, 6) is 1.95. The van der Waals surface area contributed by atoms with Gasteiger partial charge in [-0.25, -0.2) is 9.40 Å². The SMILES string of the molecule is Fc1cccc([C@H]2Oc3ccc(Br)cc3[C@H]3CC(c4ccc5c(c4)OCO5)=NN32)c1. The van der Waals surface area contributed by atoms with Crippen LogP contribution in [0.1, 0.15) is 35.4 Å². The van der Waals surface area contributed by atoms with Crippen LogP contribution in [-0.4, -0.2) is 17.5 Å². The smallest absolute Gasteiger partial charge is 0.231 e. The van der Waals surface area contributed by atoms with Gasteiger partial charge in [-0.3, -0.25) is 0 Å². The summed E-state index contributed by atoms with van der Waals surface area (Å²) in [5.41, 5.74) is 3.68. The molecule has 0 fully saturated rings. The lowest BCUT2D eigenvalue weighted by Gasteiger charge is -2.38. The molecule has 0 N–H and O–H groups in total. The van der Waals surface area contributed by atoms with Gasteiger partial charge in [-0.05, 0) is 48.5 Å². The zero-order chi connectivity index (χ0) is 20.2. The van der Waals surface area contributed by atoms with E-state index in [1.807, 2.05) is 41.4 Å². The molecular formula is C23H16BrFN2O3. The van der Waals surface area contributed by atoms with Gasteiger partial charge in [0.1, 0.15) is 11.6 Å². The van der Waals surface area contributed by atoms with Crippen molar-refractivity contribution in [2.75, 3.05) is 6.79 Å². The minimum atomic E-state index is -0.508. The number of benzene rings is 3. The summed E-state index contributed by atoms with van der Waals surface area (Å²) in [7, 11) is 0. The first-order chi connectivity index (χ1) is 14.7. The van der Waals surface area contributed by atoms with E-state index in [0.29, 0.717) is 6.42 Å². The molecule has 0 spiro atoms. The van der Waals surface area contributed by atoms with Gasteiger partial charge in [-0.1, -0.05) is 28.1 Å². The van der Waals surface area contributed by atoms with Crippen LogP contribution in [0, 0.1) is 5.82 Å². The fourth-order valence-corrected chi connectivity index (χ4v) is 4.57. The van der Waals surface area contributed by atoms with Crippen LogP contribution in [0.3, 0.4) is 0 Å². The van der Waals surface area contributed by atoms with Gasteiger partial charge < -0.3 is 14.2 Å². The molecule has 0 unspecified atom stereocenters. The zero-order valence-corrected chi connectivity index (χ0v) is 17.3. The van der Waals surface area contributed by atoms with Crippen molar-refractivity contribution in [3.63, 3.8) is 0 Å². The van der Waals surface area contributed by atoms with E-state index in [4.69, 9.17) is 19.3 Å². The Morgan fingerprint density at radius 2 is 1.83 bits per heavy atom. The van der Waals surface area contributed by atoms with Crippen molar-refractivity contribution in [1.29, 1.82) is 0 Å². The van der Waals surface area contributed by atoms with E-state index >= 15 is 0 Å². The second-order valence-electron chi connectivity index (χ2n) is 7.42. The van der Waals surface area contributed by atoms with E-state index < -0.39 is 6.23 Å². The quantitative estimate of drug-likeness (QED) is 0.495. The number of fused-ring (bicyclic) bond motifs is 4. The highest BCUT2D eigenvalue weighted by molar-refractivity contribution is 9.10. The summed E-state index contributed by atoms with van der Waals surface area (Å²) < 4.78 is 32.2. The molecule has 0 aliphatic carbocycles. The minimum Gasteiger partial charge on any atom is -0.464 e. The minimum absolute atomic E-state index is 0.0139. The van der Waals surface area contributed by atoms with Crippen LogP contribution in [0.4, 0.5) is 4.39 Å². The van der Waals surface area contributed by atoms with Gasteiger partial charge in [-0.2, -0.15) is 5.10 Å². The number of hydrogen-bond donors (Lipinski definition) is 0. The van der Waals surface area contributed by atoms with Gasteiger partial charge in [0.25, 0.3) is 0 Å². The maximum absolute atomic E-state index is 13.9. The summed E-state index contributed by atoms with van der Waals surface area (Å²) in [6.45, 7) is 0.233. The van der Waals surface area contributed by atoms with Crippen LogP contribution in [-0.2, 0) is 0 Å². The predicted molar refractivity (Wildman–Crippen MR) is 112 cm³/mol. The topological polar surface area (TPSA) is 43.3 Å². The van der Waals surface area contributed by atoms with Crippen molar-refractivity contribution in [2.45, 2.75) is 18.7 Å². The third-order valence-corrected chi connectivity index (χ3v) is 6.08. The van der Waals surface area contributed by atoms with Crippen LogP contribution in [0.25, 0.3) is 0 Å². The van der Waals surface area contributed by atoms with Gasteiger partial charge in [0, 0.05) is 27.6 Å². The summed E-state index contributed by atoms with van der Waals surface area (Å²) in [5, 5.41) is 6.85. The molecule has 150 valence electrons. The lowest BCUT2D eigenvalue weighted by Crippen LogP contribution is -2.33. The van der Waals surface area contributed by atoms with Gasteiger partial charge >= 0.3 is 0 Å². The fraction of sp³-hybridized carbons (Fsp3) is 0.174. The third-order valence-electron chi connectivity index (χ3n) is 5.59. The summed E-state index contributed by atoms with van der Waals surface area (Å²) in [6, 6.07) is 18.3. The number of ether oxygens (including phenoxy) is 3. The molecule has 0 saturated carbocycles. The van der Waals surface area contributed by atoms with Crippen molar-refractivity contribution >= 4 is 21.6 Å². The molecule has 3 aromatic carbocycles. The average Bonchev–Trinajstić information content (AvgIpc) is 3.40. The first kappa shape index (κ1) is 17.8. The van der Waals surface area contributed by atoms with E-state index in [1.165, 1.54) is 12.1 Å². The van der Waals surface area contributed by atoms with E-state index in [2.05, 4.69) is 22.0 Å². The molecule has 3 heterocycles. The summed E-state index contributed by atoms with van der Waals surface area (Å²) in [6.07, 6.45) is 0.198. The highest BCUT2D eigenvalue weighted by Crippen LogP contribution is 2.48. The van der Waals surface area contributed by atoms with Crippen molar-refractivity contribution in [1.82, 2.24) is 5.01 Å². The Hall–Kier alpha value is -3.06. The van der Waals surface area contributed by atoms with E-state index in [1.54, 1.807) is 6.07 Å². The number of hydrazone groups is 1. The predicted octanol–water partition coefficient (Wildman–Crippen LogP) is 5.56. The molecule has 3 aromatic rings. The molecule has 2 atom stereocenters. The van der Waals surface area contributed by atoms with E-state index in [0.717, 1.165) is 44.1 Å². The average molecular weight is 467 g/mol. The highest BCUT2D eigenvalue weighted by Gasteiger charge is 2.41. The molecule has 5 nitrogen and oxygen atoms in total. The Bertz CT molecular complexity index is 1200. The number of nitrogens with zero attached hydrogens (tertiary/aromatic N) is 2. The molecule has 0 saturated heterocycles. The Balaban J connectivity index is 1.44. The van der Waals surface area contributed by atoms with Crippen LogP contribution in [0.5, 0.6) is 17.2 Å². The molecule has 0 aromatic heterocycles. The van der Waals surface area contributed by atoms with Crippen LogP contribution < -0.4 is 14.2 Å². The molecule has 7 heteroatoms. The summed E-state index contributed by atoms with van der Waals surface area (Å²) in [4.78, 5) is 0. The lowest BCUT2D eigenvalue weighted by molar-refractivity contribution is -0.0192. The van der Waals surface area contributed by atoms with Crippen LogP contribution >= 0.6 is 15.9 Å². The first-order valence-corrected chi connectivity index (χ1v) is 10.4. The second-order valence-corrected chi connectivity index (χ2v) is 8.34. The molecular weight excluding hydrogens is 451 g/mol. The van der Waals surface area contributed by atoms with Gasteiger partial charge in [0.15, 0.2) is 11.5 Å². The Labute approximate surface area is 180 Å². The third kappa shape index (κ3) is 2.84. The summed E-state index contributed by atoms with van der Waals surface area (Å²) >= 11 is 3.56. The molecule has 3 aliphatic rings. The van der Waals surface area contributed by atoms with Crippen LogP contribution in [0.15, 0.2) is 70.2 Å². The van der Waals surface area contributed by atoms with Crippen molar-refractivity contribution in [2.24, 2.45) is 5.10 Å². The van der Waals surface area contributed by atoms with Crippen molar-refractivity contribution in [3.05, 3.63) is 87.6 Å². The highest BCUT2D eigenvalue weighted by atomic mass is 79.9. The first-order valence-electron chi connectivity index (χ1n) is 9.63. The maximum atomic E-state index is 13.9. The molecule has 30 heavy (non-hydrogen) atoms. The second kappa shape index (κ2) is 6.74. The van der Waals surface area contributed by atoms with Crippen LogP contribution in [0.2, 0.25) is 0 Å². The number of halogens is 2. The number of rotatable bonds is 2. The zero-order valence-electron chi connectivity index (χ0n) is 15.7. The Kier molecular flexibility index (Phi) is 3.99. The normalized spacial score (nSPS) is 21.0. The largest absolute Gasteiger partial charge is 0.464 e. The Morgan fingerprint density at radius 1 is 0.967 bits per heavy atom. The van der Waals surface area contributed by atoms with E-state index in [-0.39, 0.29) is 18.7 Å². The number of hydrogen-bond acceptors (Lipinski definition) is 5. The molecule has 0 radical (unpaired) electrons. The molecule has 6 rings (SSSR count). The van der Waals surface area contributed by atoms with Crippen molar-refractivity contribution in [3.8, 4) is 17.2 Å². The standard InChI is InChI=1S/C23H16BrFN2O3/c24-15-5-7-20-17(10-15)19-11-18(13-4-6-21-22(9-13)29-12-28-21)26-27(19)23(30-20)14-2-1-3-16(25)8-14/h1-10,19,23H,11-12H2/t19-,23-/m1/s1. The molecule has 0 amide bonds. The lowest BCUT2D eigenvalue weighted by atomic mass is 9.96. The monoisotopic (exact) mass is 466 g/mol. The Morgan fingerprint density at radius 3 is 2.73 bits per heavy atom.